The third-order valence-electron chi connectivity index (χ3n) is 2.97. The Labute approximate surface area is 105 Å². The number of nitrogens with one attached hydrogen (secondary N) is 1. The van der Waals surface area contributed by atoms with Crippen LogP contribution in [0.15, 0.2) is 0 Å². The molecule has 1 heterocycles. The number of aromatic nitrogens is 2. The molecule has 1 aromatic heterocycles. The zero-order valence-electron chi connectivity index (χ0n) is 11.2. The van der Waals surface area contributed by atoms with E-state index in [-0.39, 0.29) is 6.04 Å². The average Bonchev–Trinajstić information content (AvgIpc) is 2.49. The second-order valence-corrected chi connectivity index (χ2v) is 4.38. The highest BCUT2D eigenvalue weighted by Crippen LogP contribution is 2.26. The van der Waals surface area contributed by atoms with Crippen LogP contribution >= 0.6 is 0 Å². The first-order valence-electron chi connectivity index (χ1n) is 6.14. The summed E-state index contributed by atoms with van der Waals surface area (Å²) < 4.78 is 38.3. The summed E-state index contributed by atoms with van der Waals surface area (Å²) in [5, 5.41) is 7.28. The number of hydrogen-bond donors (Lipinski definition) is 1. The van der Waals surface area contributed by atoms with Gasteiger partial charge in [0, 0.05) is 17.3 Å². The Bertz CT molecular complexity index is 396. The maximum absolute atomic E-state index is 12.4. The molecular weight excluding hydrogens is 243 g/mol. The lowest BCUT2D eigenvalue weighted by atomic mass is 10.0. The molecule has 1 aromatic rings. The van der Waals surface area contributed by atoms with Gasteiger partial charge in [-0.05, 0) is 26.8 Å². The highest BCUT2D eigenvalue weighted by molar-refractivity contribution is 5.28. The van der Waals surface area contributed by atoms with Crippen LogP contribution in [0.3, 0.4) is 0 Å². The fourth-order valence-electron chi connectivity index (χ4n) is 2.24. The van der Waals surface area contributed by atoms with Gasteiger partial charge in [-0.25, -0.2) is 0 Å². The zero-order valence-corrected chi connectivity index (χ0v) is 11.2. The summed E-state index contributed by atoms with van der Waals surface area (Å²) in [7, 11) is 0. The van der Waals surface area contributed by atoms with Crippen molar-refractivity contribution in [1.29, 1.82) is 0 Å². The van der Waals surface area contributed by atoms with Gasteiger partial charge in [0.2, 0.25) is 0 Å². The van der Waals surface area contributed by atoms with Gasteiger partial charge in [-0.2, -0.15) is 18.3 Å². The highest BCUT2D eigenvalue weighted by Gasteiger charge is 2.30. The summed E-state index contributed by atoms with van der Waals surface area (Å²) in [6.07, 6.45) is -3.41. The van der Waals surface area contributed by atoms with Gasteiger partial charge >= 0.3 is 6.18 Å². The molecule has 18 heavy (non-hydrogen) atoms. The fraction of sp³-hybridized carbons (Fsp3) is 0.750. The molecule has 0 radical (unpaired) electrons. The molecule has 0 fully saturated rings. The lowest BCUT2D eigenvalue weighted by molar-refractivity contribution is -0.142. The molecule has 1 unspecified atom stereocenters. The van der Waals surface area contributed by atoms with Crippen LogP contribution in [-0.2, 0) is 6.54 Å². The van der Waals surface area contributed by atoms with Gasteiger partial charge in [-0.1, -0.05) is 13.8 Å². The molecule has 6 heteroatoms. The van der Waals surface area contributed by atoms with E-state index in [1.54, 1.807) is 13.8 Å². The molecule has 0 aliphatic rings. The molecule has 0 amide bonds. The maximum atomic E-state index is 12.4. The van der Waals surface area contributed by atoms with Crippen LogP contribution in [0.25, 0.3) is 0 Å². The van der Waals surface area contributed by atoms with Crippen LogP contribution in [0.2, 0.25) is 0 Å². The van der Waals surface area contributed by atoms with E-state index in [2.05, 4.69) is 10.4 Å². The van der Waals surface area contributed by atoms with Gasteiger partial charge in [0.25, 0.3) is 0 Å². The second-order valence-electron chi connectivity index (χ2n) is 4.38. The average molecular weight is 263 g/mol. The normalized spacial score (nSPS) is 13.9. The molecule has 104 valence electrons. The predicted molar refractivity (Wildman–Crippen MR) is 64.5 cm³/mol. The number of nitrogens with zero attached hydrogens (tertiary/aromatic N) is 2. The number of hydrogen-bond acceptors (Lipinski definition) is 2. The largest absolute Gasteiger partial charge is 0.408 e. The molecule has 0 bridgehead atoms. The summed E-state index contributed by atoms with van der Waals surface area (Å²) in [6.45, 7) is 7.20. The number of alkyl halides is 3. The minimum Gasteiger partial charge on any atom is -0.310 e. The molecule has 1 rings (SSSR count). The van der Waals surface area contributed by atoms with Crippen molar-refractivity contribution in [1.82, 2.24) is 15.1 Å². The van der Waals surface area contributed by atoms with E-state index < -0.39 is 12.7 Å². The highest BCUT2D eigenvalue weighted by atomic mass is 19.4. The predicted octanol–water partition coefficient (Wildman–Crippen LogP) is 3.12. The number of halogens is 3. The van der Waals surface area contributed by atoms with E-state index in [1.165, 1.54) is 0 Å². The van der Waals surface area contributed by atoms with Crippen LogP contribution in [0.4, 0.5) is 13.2 Å². The Kier molecular flexibility index (Phi) is 4.78. The lowest BCUT2D eigenvalue weighted by Gasteiger charge is -2.17. The molecule has 0 aliphatic heterocycles. The summed E-state index contributed by atoms with van der Waals surface area (Å²) >= 11 is 0. The van der Waals surface area contributed by atoms with Crippen molar-refractivity contribution in [3.05, 3.63) is 17.0 Å². The monoisotopic (exact) mass is 263 g/mol. The van der Waals surface area contributed by atoms with Gasteiger partial charge in [0.1, 0.15) is 6.54 Å². The first-order valence-corrected chi connectivity index (χ1v) is 6.14. The first kappa shape index (κ1) is 15.0. The molecule has 3 nitrogen and oxygen atoms in total. The molecule has 0 aliphatic carbocycles. The molecule has 0 saturated carbocycles. The van der Waals surface area contributed by atoms with Crippen LogP contribution in [0.5, 0.6) is 0 Å². The lowest BCUT2D eigenvalue weighted by Crippen LogP contribution is -2.22. The van der Waals surface area contributed by atoms with E-state index in [1.807, 2.05) is 13.8 Å². The molecule has 1 N–H and O–H groups in total. The first-order chi connectivity index (χ1) is 8.30. The van der Waals surface area contributed by atoms with E-state index in [4.69, 9.17) is 0 Å². The molecule has 0 saturated heterocycles. The van der Waals surface area contributed by atoms with Gasteiger partial charge in [-0.3, -0.25) is 4.68 Å². The van der Waals surface area contributed by atoms with E-state index in [9.17, 15) is 13.2 Å². The third-order valence-corrected chi connectivity index (χ3v) is 2.97. The second kappa shape index (κ2) is 5.73. The quantitative estimate of drug-likeness (QED) is 0.884. The van der Waals surface area contributed by atoms with Gasteiger partial charge < -0.3 is 5.32 Å². The van der Waals surface area contributed by atoms with Crippen molar-refractivity contribution in [2.75, 3.05) is 6.54 Å². The fourth-order valence-corrected chi connectivity index (χ4v) is 2.24. The van der Waals surface area contributed by atoms with Crippen molar-refractivity contribution in [2.24, 2.45) is 0 Å². The van der Waals surface area contributed by atoms with Crippen LogP contribution < -0.4 is 5.32 Å². The standard InChI is InChI=1S/C12H20F3N3/c1-5-10(16-6-2)11-8(3)17-18(9(11)4)7-12(13,14)15/h10,16H,5-7H2,1-4H3. The SMILES string of the molecule is CCNC(CC)c1c(C)nn(CC(F)(F)F)c1C. The summed E-state index contributed by atoms with van der Waals surface area (Å²) in [4.78, 5) is 0. The van der Waals surface area contributed by atoms with Crippen molar-refractivity contribution in [2.45, 2.75) is 52.9 Å². The Balaban J connectivity index is 3.07. The number of rotatable bonds is 5. The van der Waals surface area contributed by atoms with Crippen molar-refractivity contribution in [3.63, 3.8) is 0 Å². The zero-order chi connectivity index (χ0) is 13.9. The van der Waals surface area contributed by atoms with Crippen molar-refractivity contribution >= 4 is 0 Å². The van der Waals surface area contributed by atoms with Crippen molar-refractivity contribution in [3.8, 4) is 0 Å². The molecular formula is C12H20F3N3. The van der Waals surface area contributed by atoms with Gasteiger partial charge in [-0.15, -0.1) is 0 Å². The Hall–Kier alpha value is -1.04. The third kappa shape index (κ3) is 3.48. The van der Waals surface area contributed by atoms with Crippen molar-refractivity contribution < 1.29 is 13.2 Å². The minimum absolute atomic E-state index is 0.0667. The topological polar surface area (TPSA) is 29.9 Å². The summed E-state index contributed by atoms with van der Waals surface area (Å²) in [5.41, 5.74) is 2.16. The van der Waals surface area contributed by atoms with Gasteiger partial charge in [0.15, 0.2) is 0 Å². The molecule has 1 atom stereocenters. The van der Waals surface area contributed by atoms with E-state index in [0.717, 1.165) is 23.2 Å². The van der Waals surface area contributed by atoms with Crippen LogP contribution in [0, 0.1) is 13.8 Å². The summed E-state index contributed by atoms with van der Waals surface area (Å²) in [6, 6.07) is 0.0667. The van der Waals surface area contributed by atoms with E-state index >= 15 is 0 Å². The summed E-state index contributed by atoms with van der Waals surface area (Å²) in [5.74, 6) is 0. The van der Waals surface area contributed by atoms with E-state index in [0.29, 0.717) is 11.4 Å². The Morgan fingerprint density at radius 1 is 1.28 bits per heavy atom. The van der Waals surface area contributed by atoms with Gasteiger partial charge in [0.05, 0.1) is 5.69 Å². The Morgan fingerprint density at radius 3 is 2.33 bits per heavy atom. The number of aryl methyl sites for hydroxylation is 1. The Morgan fingerprint density at radius 2 is 1.89 bits per heavy atom. The maximum Gasteiger partial charge on any atom is 0.408 e. The minimum atomic E-state index is -4.24. The van der Waals surface area contributed by atoms with Crippen LogP contribution in [-0.4, -0.2) is 22.5 Å². The van der Waals surface area contributed by atoms with Crippen LogP contribution in [0.1, 0.15) is 43.3 Å². The smallest absolute Gasteiger partial charge is 0.310 e. The molecule has 0 aromatic carbocycles. The molecule has 0 spiro atoms.